The van der Waals surface area contributed by atoms with Gasteiger partial charge < -0.3 is 29.9 Å². The first-order valence-electron chi connectivity index (χ1n) is 9.50. The average Bonchev–Trinajstić information content (AvgIpc) is 3.24. The molecule has 5 atom stereocenters. The van der Waals surface area contributed by atoms with Crippen LogP contribution in [-0.4, -0.2) is 83.3 Å². The van der Waals surface area contributed by atoms with E-state index in [1.165, 1.54) is 0 Å². The van der Waals surface area contributed by atoms with E-state index in [1.807, 2.05) is 18.2 Å². The number of likely N-dealkylation sites (tertiary alicyclic amines) is 1. The number of aliphatic hydroxyl groups excluding tert-OH is 2. The van der Waals surface area contributed by atoms with Crippen LogP contribution in [0.3, 0.4) is 0 Å². The summed E-state index contributed by atoms with van der Waals surface area (Å²) in [4.78, 5) is 18.6. The highest BCUT2D eigenvalue weighted by Crippen LogP contribution is 2.26. The first-order chi connectivity index (χ1) is 13.1. The number of ether oxygens (including phenoxy) is 2. The molecule has 2 aliphatic rings. The first-order valence-corrected chi connectivity index (χ1v) is 9.50. The number of aliphatic hydroxyl groups is 2. The summed E-state index contributed by atoms with van der Waals surface area (Å²) in [6.07, 6.45) is 0.319. The topological polar surface area (TPSA) is 104 Å². The second kappa shape index (κ2) is 9.57. The molecular weight excluding hydrogens is 350 g/mol. The number of nitrogens with one attached hydrogen (secondary N) is 1. The maximum atomic E-state index is 12.6. The van der Waals surface area contributed by atoms with Crippen LogP contribution in [0.5, 0.6) is 0 Å². The lowest BCUT2D eigenvalue weighted by atomic mass is 10.0. The Labute approximate surface area is 159 Å². The summed E-state index contributed by atoms with van der Waals surface area (Å²) in [6.45, 7) is 2.13. The van der Waals surface area contributed by atoms with Gasteiger partial charge in [0.1, 0.15) is 12.2 Å². The molecule has 0 unspecified atom stereocenters. The Balaban J connectivity index is 1.48. The Morgan fingerprint density at radius 3 is 2.93 bits per heavy atom. The summed E-state index contributed by atoms with van der Waals surface area (Å²) in [5.74, 6) is -0.0621. The van der Waals surface area contributed by atoms with Gasteiger partial charge >= 0.3 is 0 Å². The minimum atomic E-state index is -1.07. The van der Waals surface area contributed by atoms with Gasteiger partial charge in [0, 0.05) is 32.9 Å². The van der Waals surface area contributed by atoms with Crippen molar-refractivity contribution in [3.63, 3.8) is 0 Å². The van der Waals surface area contributed by atoms with Crippen LogP contribution in [0.2, 0.25) is 0 Å². The molecule has 3 heterocycles. The zero-order valence-electron chi connectivity index (χ0n) is 15.7. The van der Waals surface area contributed by atoms with Crippen molar-refractivity contribution in [2.75, 3.05) is 26.8 Å². The molecule has 0 aromatic carbocycles. The number of rotatable bonds is 8. The smallest absolute Gasteiger partial charge is 0.225 e. The van der Waals surface area contributed by atoms with Gasteiger partial charge in [0.25, 0.3) is 0 Å². The SMILES string of the molecule is COC[C@@H]1CCCN1C(=O)C[C@H]1O[C@H](CNCc2ccccn2)[C@@H](O)[C@H]1O. The van der Waals surface area contributed by atoms with Gasteiger partial charge in [0.05, 0.1) is 37.0 Å². The monoisotopic (exact) mass is 379 g/mol. The fraction of sp³-hybridized carbons (Fsp3) is 0.684. The lowest BCUT2D eigenvalue weighted by molar-refractivity contribution is -0.137. The Hall–Kier alpha value is -1.58. The van der Waals surface area contributed by atoms with Gasteiger partial charge in [0.2, 0.25) is 5.91 Å². The van der Waals surface area contributed by atoms with Gasteiger partial charge in [-0.25, -0.2) is 0 Å². The second-order valence-corrected chi connectivity index (χ2v) is 7.19. The van der Waals surface area contributed by atoms with Gasteiger partial charge in [-0.3, -0.25) is 9.78 Å². The summed E-state index contributed by atoms with van der Waals surface area (Å²) < 4.78 is 11.0. The van der Waals surface area contributed by atoms with Crippen LogP contribution < -0.4 is 5.32 Å². The molecular formula is C19H29N3O5. The number of carbonyl (C=O) groups is 1. The molecule has 3 N–H and O–H groups in total. The van der Waals surface area contributed by atoms with Crippen molar-refractivity contribution in [2.45, 2.75) is 56.3 Å². The van der Waals surface area contributed by atoms with Gasteiger partial charge in [-0.2, -0.15) is 0 Å². The Kier molecular flexibility index (Phi) is 7.14. The molecule has 2 saturated heterocycles. The zero-order chi connectivity index (χ0) is 19.2. The Bertz CT molecular complexity index is 602. The van der Waals surface area contributed by atoms with Crippen molar-refractivity contribution in [1.82, 2.24) is 15.2 Å². The molecule has 150 valence electrons. The fourth-order valence-electron chi connectivity index (χ4n) is 3.83. The molecule has 0 radical (unpaired) electrons. The summed E-state index contributed by atoms with van der Waals surface area (Å²) in [6, 6.07) is 5.75. The van der Waals surface area contributed by atoms with Gasteiger partial charge in [0.15, 0.2) is 0 Å². The predicted molar refractivity (Wildman–Crippen MR) is 97.8 cm³/mol. The number of carbonyl (C=O) groups excluding carboxylic acids is 1. The van der Waals surface area contributed by atoms with E-state index in [-0.39, 0.29) is 18.4 Å². The molecule has 27 heavy (non-hydrogen) atoms. The molecule has 2 aliphatic heterocycles. The molecule has 8 heteroatoms. The lowest BCUT2D eigenvalue weighted by Gasteiger charge is -2.26. The third-order valence-corrected chi connectivity index (χ3v) is 5.27. The van der Waals surface area contributed by atoms with E-state index in [4.69, 9.17) is 9.47 Å². The summed E-state index contributed by atoms with van der Waals surface area (Å²) in [7, 11) is 1.63. The maximum Gasteiger partial charge on any atom is 0.225 e. The first kappa shape index (κ1) is 20.2. The molecule has 0 saturated carbocycles. The number of hydrogen-bond acceptors (Lipinski definition) is 7. The third kappa shape index (κ3) is 5.03. The van der Waals surface area contributed by atoms with E-state index in [1.54, 1.807) is 18.2 Å². The molecule has 1 aromatic rings. The van der Waals surface area contributed by atoms with E-state index in [0.29, 0.717) is 26.2 Å². The Morgan fingerprint density at radius 1 is 1.37 bits per heavy atom. The standard InChI is InChI=1S/C19H29N3O5/c1-26-12-14-6-4-8-22(14)17(23)9-15-18(24)19(25)16(27-15)11-20-10-13-5-2-3-7-21-13/h2-3,5,7,14-16,18-20,24-25H,4,6,8-12H2,1H3/t14-,15+,16+,18-,19+/m0/s1. The van der Waals surface area contributed by atoms with E-state index in [2.05, 4.69) is 10.3 Å². The van der Waals surface area contributed by atoms with Crippen molar-refractivity contribution in [3.8, 4) is 0 Å². The third-order valence-electron chi connectivity index (χ3n) is 5.27. The number of amides is 1. The number of hydrogen-bond donors (Lipinski definition) is 3. The van der Waals surface area contributed by atoms with Crippen molar-refractivity contribution in [1.29, 1.82) is 0 Å². The predicted octanol–water partition coefficient (Wildman–Crippen LogP) is -0.312. The van der Waals surface area contributed by atoms with Crippen molar-refractivity contribution >= 4 is 5.91 Å². The van der Waals surface area contributed by atoms with Gasteiger partial charge in [-0.15, -0.1) is 0 Å². The van der Waals surface area contributed by atoms with Crippen LogP contribution in [0.15, 0.2) is 24.4 Å². The molecule has 8 nitrogen and oxygen atoms in total. The molecule has 3 rings (SSSR count). The summed E-state index contributed by atoms with van der Waals surface area (Å²) >= 11 is 0. The molecule has 0 aliphatic carbocycles. The molecule has 1 amide bonds. The maximum absolute atomic E-state index is 12.6. The molecule has 0 spiro atoms. The van der Waals surface area contributed by atoms with Crippen LogP contribution >= 0.6 is 0 Å². The summed E-state index contributed by atoms with van der Waals surface area (Å²) in [5.41, 5.74) is 0.885. The highest BCUT2D eigenvalue weighted by Gasteiger charge is 2.44. The largest absolute Gasteiger partial charge is 0.388 e. The average molecular weight is 379 g/mol. The fourth-order valence-corrected chi connectivity index (χ4v) is 3.83. The molecule has 0 bridgehead atoms. The van der Waals surface area contributed by atoms with E-state index in [0.717, 1.165) is 18.5 Å². The quantitative estimate of drug-likeness (QED) is 0.569. The number of aromatic nitrogens is 1. The van der Waals surface area contributed by atoms with Crippen LogP contribution in [0, 0.1) is 0 Å². The van der Waals surface area contributed by atoms with Crippen molar-refractivity contribution in [2.24, 2.45) is 0 Å². The van der Waals surface area contributed by atoms with Crippen LogP contribution in [0.4, 0.5) is 0 Å². The Morgan fingerprint density at radius 2 is 2.19 bits per heavy atom. The highest BCUT2D eigenvalue weighted by molar-refractivity contribution is 5.77. The van der Waals surface area contributed by atoms with Crippen molar-refractivity contribution in [3.05, 3.63) is 30.1 Å². The van der Waals surface area contributed by atoms with Crippen LogP contribution in [0.25, 0.3) is 0 Å². The van der Waals surface area contributed by atoms with Gasteiger partial charge in [-0.1, -0.05) is 6.07 Å². The normalized spacial score (nSPS) is 30.8. The number of pyridine rings is 1. The van der Waals surface area contributed by atoms with E-state index < -0.39 is 24.4 Å². The second-order valence-electron chi connectivity index (χ2n) is 7.19. The summed E-state index contributed by atoms with van der Waals surface area (Å²) in [5, 5.41) is 23.7. The van der Waals surface area contributed by atoms with E-state index in [9.17, 15) is 15.0 Å². The number of methoxy groups -OCH3 is 1. The minimum absolute atomic E-state index is 0.0621. The molecule has 2 fully saturated rings. The van der Waals surface area contributed by atoms with Crippen molar-refractivity contribution < 1.29 is 24.5 Å². The lowest BCUT2D eigenvalue weighted by Crippen LogP contribution is -2.41. The van der Waals surface area contributed by atoms with E-state index >= 15 is 0 Å². The van der Waals surface area contributed by atoms with Gasteiger partial charge in [-0.05, 0) is 25.0 Å². The van der Waals surface area contributed by atoms with Crippen LogP contribution in [0.1, 0.15) is 25.0 Å². The number of nitrogens with zero attached hydrogens (tertiary/aromatic N) is 2. The highest BCUT2D eigenvalue weighted by atomic mass is 16.5. The van der Waals surface area contributed by atoms with Crippen LogP contribution in [-0.2, 0) is 20.8 Å². The zero-order valence-corrected chi connectivity index (χ0v) is 15.7. The minimum Gasteiger partial charge on any atom is -0.388 e. The molecule has 1 aromatic heterocycles.